The van der Waals surface area contributed by atoms with E-state index in [9.17, 15) is 4.79 Å². The Bertz CT molecular complexity index is 764. The predicted molar refractivity (Wildman–Crippen MR) is 93.2 cm³/mol. The fourth-order valence-electron chi connectivity index (χ4n) is 3.25. The van der Waals surface area contributed by atoms with E-state index in [0.29, 0.717) is 6.61 Å². The number of likely N-dealkylation sites (N-methyl/N-ethyl adjacent to an activating group) is 1. The average molecular weight is 308 g/mol. The maximum Gasteiger partial charge on any atom is 0.311 e. The summed E-state index contributed by atoms with van der Waals surface area (Å²) >= 11 is 0. The molecule has 1 atom stereocenters. The van der Waals surface area contributed by atoms with Crippen LogP contribution < -0.4 is 9.22 Å². The molecule has 1 unspecified atom stereocenters. The van der Waals surface area contributed by atoms with Crippen molar-refractivity contribution in [2.24, 2.45) is 0 Å². The summed E-state index contributed by atoms with van der Waals surface area (Å²) < 4.78 is 6.05. The number of benzene rings is 2. The van der Waals surface area contributed by atoms with Crippen LogP contribution in [0.4, 0.5) is 5.69 Å². The van der Waals surface area contributed by atoms with Gasteiger partial charge in [-0.2, -0.15) is 0 Å². The fraction of sp³-hybridized carbons (Fsp3) is 0.250. The number of allylic oxidation sites excluding steroid dienone is 1. The van der Waals surface area contributed by atoms with Crippen LogP contribution in [0.1, 0.15) is 25.0 Å². The molecule has 23 heavy (non-hydrogen) atoms. The number of nitrogens with zero attached hydrogens (tertiary/aromatic N) is 1. The minimum atomic E-state index is -0.267. The lowest BCUT2D eigenvalue weighted by Crippen LogP contribution is -2.42. The van der Waals surface area contributed by atoms with Gasteiger partial charge in [-0.05, 0) is 38.1 Å². The van der Waals surface area contributed by atoms with Crippen LogP contribution in [-0.2, 0) is 16.8 Å². The second-order valence-electron chi connectivity index (χ2n) is 6.71. The summed E-state index contributed by atoms with van der Waals surface area (Å²) in [5, 5.41) is 0. The minimum Gasteiger partial charge on any atom is -0.489 e. The van der Waals surface area contributed by atoms with Gasteiger partial charge in [0.25, 0.3) is 0 Å². The molecule has 0 bridgehead atoms. The van der Waals surface area contributed by atoms with Crippen molar-refractivity contribution in [3.05, 3.63) is 71.9 Å². The van der Waals surface area contributed by atoms with Crippen LogP contribution in [0.3, 0.4) is 0 Å². The van der Waals surface area contributed by atoms with Crippen molar-refractivity contribution in [1.29, 1.82) is 0 Å². The van der Waals surface area contributed by atoms with Gasteiger partial charge in [0.2, 0.25) is 0 Å². The Morgan fingerprint density at radius 1 is 1.17 bits per heavy atom. The van der Waals surface area contributed by atoms with Crippen LogP contribution in [0.15, 0.2) is 60.8 Å². The van der Waals surface area contributed by atoms with Crippen molar-refractivity contribution in [2.75, 3.05) is 7.05 Å². The molecule has 0 aliphatic carbocycles. The SMILES string of the molecule is C=C1C(C)(C)c2cc(OCc3ccccc3)ccc2[N+]1(C)C=O. The van der Waals surface area contributed by atoms with Gasteiger partial charge < -0.3 is 4.74 Å². The molecule has 0 radical (unpaired) electrons. The molecular weight excluding hydrogens is 286 g/mol. The molecule has 2 aromatic carbocycles. The van der Waals surface area contributed by atoms with E-state index in [4.69, 9.17) is 4.74 Å². The molecule has 0 saturated carbocycles. The summed E-state index contributed by atoms with van der Waals surface area (Å²) in [6.45, 7) is 8.90. The van der Waals surface area contributed by atoms with Gasteiger partial charge in [0.05, 0.1) is 12.5 Å². The lowest BCUT2D eigenvalue weighted by Gasteiger charge is -2.25. The van der Waals surface area contributed by atoms with E-state index in [-0.39, 0.29) is 9.90 Å². The minimum absolute atomic E-state index is 0.126. The molecule has 0 spiro atoms. The third-order valence-electron chi connectivity index (χ3n) is 4.88. The number of carbonyl (C=O) groups is 1. The lowest BCUT2D eigenvalue weighted by molar-refractivity contribution is -0.115. The highest BCUT2D eigenvalue weighted by atomic mass is 16.5. The first kappa shape index (κ1) is 15.5. The van der Waals surface area contributed by atoms with E-state index in [2.05, 4.69) is 20.4 Å². The number of hydrogen-bond donors (Lipinski definition) is 0. The summed E-state index contributed by atoms with van der Waals surface area (Å²) in [5.74, 6) is 0.813. The van der Waals surface area contributed by atoms with Gasteiger partial charge in [-0.15, -0.1) is 0 Å². The zero-order valence-corrected chi connectivity index (χ0v) is 13.9. The maximum atomic E-state index is 11.7. The second kappa shape index (κ2) is 5.36. The lowest BCUT2D eigenvalue weighted by atomic mass is 9.84. The summed E-state index contributed by atoms with van der Waals surface area (Å²) in [6.07, 6.45) is 0.945. The number of rotatable bonds is 4. The Morgan fingerprint density at radius 2 is 1.87 bits per heavy atom. The van der Waals surface area contributed by atoms with Gasteiger partial charge >= 0.3 is 6.41 Å². The molecule has 118 valence electrons. The van der Waals surface area contributed by atoms with Crippen molar-refractivity contribution in [3.63, 3.8) is 0 Å². The standard InChI is InChI=1S/C20H22NO2/c1-15-20(2,3)18-12-17(10-11-19(18)21(15,4)14-22)23-13-16-8-6-5-7-9-16/h5-12,14H,1,13H2,2-4H3/q+1. The van der Waals surface area contributed by atoms with E-state index in [1.807, 2.05) is 55.6 Å². The summed E-state index contributed by atoms with van der Waals surface area (Å²) in [4.78, 5) is 11.7. The summed E-state index contributed by atoms with van der Waals surface area (Å²) in [5.41, 5.74) is 3.81. The molecule has 0 N–H and O–H groups in total. The Kier molecular flexibility index (Phi) is 3.61. The van der Waals surface area contributed by atoms with E-state index in [1.165, 1.54) is 0 Å². The Labute approximate surface area is 137 Å². The first-order valence-electron chi connectivity index (χ1n) is 7.74. The number of quaternary nitrogens is 1. The fourth-order valence-corrected chi connectivity index (χ4v) is 3.25. The molecule has 0 saturated heterocycles. The van der Waals surface area contributed by atoms with Crippen LogP contribution in [0.25, 0.3) is 0 Å². The summed E-state index contributed by atoms with van der Waals surface area (Å²) in [7, 11) is 1.88. The number of ether oxygens (including phenoxy) is 1. The molecule has 1 aliphatic rings. The molecule has 1 aliphatic heterocycles. The molecule has 3 nitrogen and oxygen atoms in total. The Balaban J connectivity index is 1.92. The van der Waals surface area contributed by atoms with Crippen LogP contribution in [0.5, 0.6) is 5.75 Å². The zero-order valence-electron chi connectivity index (χ0n) is 13.9. The third kappa shape index (κ3) is 2.37. The van der Waals surface area contributed by atoms with Crippen molar-refractivity contribution in [3.8, 4) is 5.75 Å². The normalized spacial score (nSPS) is 21.8. The molecule has 1 heterocycles. The van der Waals surface area contributed by atoms with Crippen molar-refractivity contribution >= 4 is 12.1 Å². The van der Waals surface area contributed by atoms with E-state index in [1.54, 1.807) is 0 Å². The molecule has 1 amide bonds. The average Bonchev–Trinajstić information content (AvgIpc) is 2.73. The van der Waals surface area contributed by atoms with Gasteiger partial charge in [0, 0.05) is 11.6 Å². The number of hydrogen-bond acceptors (Lipinski definition) is 2. The molecule has 3 rings (SSSR count). The highest BCUT2D eigenvalue weighted by molar-refractivity contribution is 5.82. The molecule has 0 fully saturated rings. The monoisotopic (exact) mass is 308 g/mol. The molecule has 0 aromatic heterocycles. The molecule has 3 heteroatoms. The third-order valence-corrected chi connectivity index (χ3v) is 4.88. The van der Waals surface area contributed by atoms with Crippen LogP contribution in [-0.4, -0.2) is 13.5 Å². The van der Waals surface area contributed by atoms with Crippen LogP contribution in [0, 0.1) is 0 Å². The van der Waals surface area contributed by atoms with Crippen molar-refractivity contribution < 1.29 is 9.53 Å². The zero-order chi connectivity index (χ0) is 16.7. The highest BCUT2D eigenvalue weighted by Crippen LogP contribution is 2.50. The van der Waals surface area contributed by atoms with Gasteiger partial charge in [-0.1, -0.05) is 30.3 Å². The van der Waals surface area contributed by atoms with Gasteiger partial charge in [-0.3, -0.25) is 0 Å². The first-order valence-corrected chi connectivity index (χ1v) is 7.74. The topological polar surface area (TPSA) is 26.3 Å². The predicted octanol–water partition coefficient (Wildman–Crippen LogP) is 4.16. The van der Waals surface area contributed by atoms with Gasteiger partial charge in [0.1, 0.15) is 23.7 Å². The van der Waals surface area contributed by atoms with Crippen LogP contribution in [0.2, 0.25) is 0 Å². The molecular formula is C20H22NO2+. The Hall–Kier alpha value is -2.39. The number of fused-ring (bicyclic) bond motifs is 1. The van der Waals surface area contributed by atoms with Gasteiger partial charge in [0.15, 0.2) is 0 Å². The number of amides is 1. The van der Waals surface area contributed by atoms with E-state index < -0.39 is 0 Å². The quantitative estimate of drug-likeness (QED) is 0.626. The van der Waals surface area contributed by atoms with Crippen molar-refractivity contribution in [2.45, 2.75) is 25.9 Å². The highest BCUT2D eigenvalue weighted by Gasteiger charge is 2.51. The first-order chi connectivity index (χ1) is 10.9. The van der Waals surface area contributed by atoms with Crippen LogP contribution >= 0.6 is 0 Å². The second-order valence-corrected chi connectivity index (χ2v) is 6.71. The Morgan fingerprint density at radius 3 is 2.52 bits per heavy atom. The van der Waals surface area contributed by atoms with E-state index >= 15 is 0 Å². The van der Waals surface area contributed by atoms with E-state index in [0.717, 1.165) is 34.7 Å². The number of carbonyl (C=O) groups excluding carboxylic acids is 1. The van der Waals surface area contributed by atoms with Gasteiger partial charge in [-0.25, -0.2) is 9.28 Å². The summed E-state index contributed by atoms with van der Waals surface area (Å²) in [6, 6.07) is 16.0. The molecule has 2 aromatic rings. The maximum absolute atomic E-state index is 11.7. The largest absolute Gasteiger partial charge is 0.489 e. The smallest absolute Gasteiger partial charge is 0.311 e. The van der Waals surface area contributed by atoms with Crippen molar-refractivity contribution in [1.82, 2.24) is 4.48 Å².